The highest BCUT2D eigenvalue weighted by atomic mass is 16.1. The van der Waals surface area contributed by atoms with Crippen molar-refractivity contribution in [2.45, 2.75) is 27.7 Å². The summed E-state index contributed by atoms with van der Waals surface area (Å²) in [5.41, 5.74) is 6.36. The van der Waals surface area contributed by atoms with Gasteiger partial charge in [0.15, 0.2) is 5.78 Å². The van der Waals surface area contributed by atoms with E-state index in [2.05, 4.69) is 31.3 Å². The summed E-state index contributed by atoms with van der Waals surface area (Å²) in [5, 5.41) is 3.24. The van der Waals surface area contributed by atoms with Crippen LogP contribution in [0.4, 0.5) is 5.69 Å². The number of ketones is 1. The molecule has 106 valence electrons. The Balaban J connectivity index is 2.10. The average Bonchev–Trinajstić information content (AvgIpc) is 2.65. The topological polar surface area (TPSA) is 34.0 Å². The molecule has 0 bridgehead atoms. The highest BCUT2D eigenvalue weighted by molar-refractivity contribution is 6.00. The van der Waals surface area contributed by atoms with E-state index in [0.717, 1.165) is 22.6 Å². The van der Waals surface area contributed by atoms with Crippen LogP contribution in [-0.4, -0.2) is 16.9 Å². The van der Waals surface area contributed by atoms with Gasteiger partial charge in [-0.2, -0.15) is 0 Å². The van der Waals surface area contributed by atoms with Crippen LogP contribution in [0.2, 0.25) is 0 Å². The molecule has 2 aromatic rings. The second-order valence-electron chi connectivity index (χ2n) is 5.44. The van der Waals surface area contributed by atoms with Gasteiger partial charge in [-0.1, -0.05) is 17.7 Å². The fraction of sp³-hybridized carbons (Fsp3) is 0.353. The van der Waals surface area contributed by atoms with Gasteiger partial charge in [-0.3, -0.25) is 4.79 Å². The van der Waals surface area contributed by atoms with E-state index in [0.29, 0.717) is 6.54 Å². The van der Waals surface area contributed by atoms with Crippen LogP contribution >= 0.6 is 0 Å². The lowest BCUT2D eigenvalue weighted by molar-refractivity contribution is 0.101. The van der Waals surface area contributed by atoms with Gasteiger partial charge in [0.2, 0.25) is 0 Å². The van der Waals surface area contributed by atoms with Crippen molar-refractivity contribution >= 4 is 11.5 Å². The summed E-state index contributed by atoms with van der Waals surface area (Å²) in [4.78, 5) is 12.3. The van der Waals surface area contributed by atoms with Crippen LogP contribution in [0, 0.1) is 27.7 Å². The molecule has 0 aliphatic rings. The van der Waals surface area contributed by atoms with Gasteiger partial charge in [0, 0.05) is 29.7 Å². The van der Waals surface area contributed by atoms with Crippen LogP contribution < -0.4 is 5.32 Å². The van der Waals surface area contributed by atoms with Gasteiger partial charge in [-0.15, -0.1) is 0 Å². The van der Waals surface area contributed by atoms with Gasteiger partial charge in [-0.05, 0) is 45.4 Å². The molecule has 0 amide bonds. The number of nitrogens with zero attached hydrogens (tertiary/aromatic N) is 1. The fourth-order valence-corrected chi connectivity index (χ4v) is 2.42. The predicted molar refractivity (Wildman–Crippen MR) is 83.6 cm³/mol. The van der Waals surface area contributed by atoms with Crippen molar-refractivity contribution in [1.29, 1.82) is 0 Å². The molecule has 20 heavy (non-hydrogen) atoms. The third kappa shape index (κ3) is 2.77. The van der Waals surface area contributed by atoms with E-state index in [1.54, 1.807) is 0 Å². The molecule has 3 heteroatoms. The minimum absolute atomic E-state index is 0.131. The molecule has 0 aliphatic carbocycles. The Labute approximate surface area is 120 Å². The molecule has 0 unspecified atom stereocenters. The van der Waals surface area contributed by atoms with E-state index in [-0.39, 0.29) is 5.78 Å². The summed E-state index contributed by atoms with van der Waals surface area (Å²) in [6.45, 7) is 8.45. The second kappa shape index (κ2) is 5.53. The van der Waals surface area contributed by atoms with Crippen molar-refractivity contribution in [3.8, 4) is 0 Å². The minimum Gasteiger partial charge on any atom is -0.377 e. The number of aryl methyl sites for hydroxylation is 3. The molecule has 1 aromatic heterocycles. The number of hydrogen-bond donors (Lipinski definition) is 1. The van der Waals surface area contributed by atoms with E-state index in [1.807, 2.05) is 37.6 Å². The maximum atomic E-state index is 12.3. The fourth-order valence-electron chi connectivity index (χ4n) is 2.42. The first-order chi connectivity index (χ1) is 9.40. The Bertz CT molecular complexity index is 653. The van der Waals surface area contributed by atoms with Crippen LogP contribution in [0.15, 0.2) is 24.3 Å². The Morgan fingerprint density at radius 3 is 2.40 bits per heavy atom. The van der Waals surface area contributed by atoms with E-state index < -0.39 is 0 Å². The van der Waals surface area contributed by atoms with Gasteiger partial charge in [0.25, 0.3) is 0 Å². The van der Waals surface area contributed by atoms with Gasteiger partial charge in [0.1, 0.15) is 0 Å². The summed E-state index contributed by atoms with van der Waals surface area (Å²) >= 11 is 0. The third-order valence-corrected chi connectivity index (χ3v) is 3.90. The quantitative estimate of drug-likeness (QED) is 0.862. The molecular formula is C17H22N2O. The van der Waals surface area contributed by atoms with Crippen LogP contribution in [0.5, 0.6) is 0 Å². The number of aromatic nitrogens is 1. The molecule has 0 aliphatic heterocycles. The molecule has 0 saturated heterocycles. The monoisotopic (exact) mass is 270 g/mol. The molecule has 0 radical (unpaired) electrons. The minimum atomic E-state index is 0.131. The molecular weight excluding hydrogens is 248 g/mol. The Morgan fingerprint density at radius 2 is 1.85 bits per heavy atom. The van der Waals surface area contributed by atoms with Crippen LogP contribution in [0.1, 0.15) is 32.9 Å². The zero-order chi connectivity index (χ0) is 14.9. The zero-order valence-corrected chi connectivity index (χ0v) is 12.9. The van der Waals surface area contributed by atoms with Crippen molar-refractivity contribution in [1.82, 2.24) is 4.57 Å². The van der Waals surface area contributed by atoms with Crippen LogP contribution in [0.25, 0.3) is 0 Å². The lowest BCUT2D eigenvalue weighted by Crippen LogP contribution is -2.15. The Hall–Kier alpha value is -2.03. The molecule has 1 heterocycles. The van der Waals surface area contributed by atoms with E-state index in [1.165, 1.54) is 11.1 Å². The standard InChI is InChI=1S/C17H22N2O/c1-11-6-7-16(12(2)8-11)18-10-17(20)15-9-13(3)19(5)14(15)4/h6-9,18H,10H2,1-5H3. The number of nitrogens with one attached hydrogen (secondary N) is 1. The van der Waals surface area contributed by atoms with Crippen LogP contribution in [-0.2, 0) is 7.05 Å². The average molecular weight is 270 g/mol. The van der Waals surface area contributed by atoms with Crippen molar-refractivity contribution in [2.24, 2.45) is 7.05 Å². The van der Waals surface area contributed by atoms with Crippen molar-refractivity contribution in [3.05, 3.63) is 52.3 Å². The summed E-state index contributed by atoms with van der Waals surface area (Å²) in [5.74, 6) is 0.131. The number of carbonyl (C=O) groups excluding carboxylic acids is 1. The summed E-state index contributed by atoms with van der Waals surface area (Å²) in [6, 6.07) is 8.16. The number of anilines is 1. The number of rotatable bonds is 4. The third-order valence-electron chi connectivity index (χ3n) is 3.90. The van der Waals surface area contributed by atoms with Crippen LogP contribution in [0.3, 0.4) is 0 Å². The second-order valence-corrected chi connectivity index (χ2v) is 5.44. The van der Waals surface area contributed by atoms with Crippen molar-refractivity contribution in [2.75, 3.05) is 11.9 Å². The number of hydrogen-bond acceptors (Lipinski definition) is 2. The smallest absolute Gasteiger partial charge is 0.183 e. The lowest BCUT2D eigenvalue weighted by Gasteiger charge is -2.09. The Kier molecular flexibility index (Phi) is 3.98. The first-order valence-electron chi connectivity index (χ1n) is 6.87. The van der Waals surface area contributed by atoms with Gasteiger partial charge in [0.05, 0.1) is 6.54 Å². The highest BCUT2D eigenvalue weighted by Gasteiger charge is 2.13. The molecule has 0 saturated carbocycles. The first kappa shape index (κ1) is 14.4. The summed E-state index contributed by atoms with van der Waals surface area (Å²) < 4.78 is 2.05. The summed E-state index contributed by atoms with van der Waals surface area (Å²) in [7, 11) is 1.99. The molecule has 1 N–H and O–H groups in total. The molecule has 0 fully saturated rings. The van der Waals surface area contributed by atoms with E-state index in [4.69, 9.17) is 0 Å². The van der Waals surface area contributed by atoms with Crippen molar-refractivity contribution in [3.63, 3.8) is 0 Å². The molecule has 3 nitrogen and oxygen atoms in total. The van der Waals surface area contributed by atoms with E-state index >= 15 is 0 Å². The van der Waals surface area contributed by atoms with Gasteiger partial charge >= 0.3 is 0 Å². The lowest BCUT2D eigenvalue weighted by atomic mass is 10.1. The molecule has 0 spiro atoms. The first-order valence-corrected chi connectivity index (χ1v) is 6.87. The summed E-state index contributed by atoms with van der Waals surface area (Å²) in [6.07, 6.45) is 0. The molecule has 1 aromatic carbocycles. The van der Waals surface area contributed by atoms with E-state index in [9.17, 15) is 4.79 Å². The highest BCUT2D eigenvalue weighted by Crippen LogP contribution is 2.17. The van der Waals surface area contributed by atoms with Gasteiger partial charge < -0.3 is 9.88 Å². The molecule has 0 atom stereocenters. The maximum absolute atomic E-state index is 12.3. The number of benzene rings is 1. The zero-order valence-electron chi connectivity index (χ0n) is 12.9. The SMILES string of the molecule is Cc1ccc(NCC(=O)c2cc(C)n(C)c2C)c(C)c1. The normalized spacial score (nSPS) is 10.7. The number of Topliss-reactive ketones (excluding diaryl/α,β-unsaturated/α-hetero) is 1. The largest absolute Gasteiger partial charge is 0.377 e. The molecule has 2 rings (SSSR count). The Morgan fingerprint density at radius 1 is 1.15 bits per heavy atom. The predicted octanol–water partition coefficient (Wildman–Crippen LogP) is 3.55. The number of carbonyl (C=O) groups is 1. The maximum Gasteiger partial charge on any atom is 0.183 e. The van der Waals surface area contributed by atoms with Gasteiger partial charge in [-0.25, -0.2) is 0 Å². The van der Waals surface area contributed by atoms with Crippen molar-refractivity contribution < 1.29 is 4.79 Å².